The van der Waals surface area contributed by atoms with Crippen LogP contribution in [-0.4, -0.2) is 26.1 Å². The van der Waals surface area contributed by atoms with Crippen LogP contribution in [0.4, 0.5) is 0 Å². The molecule has 5 atom stereocenters. The Morgan fingerprint density at radius 2 is 2.11 bits per heavy atom. The van der Waals surface area contributed by atoms with Gasteiger partial charge in [0.05, 0.1) is 25.6 Å². The van der Waals surface area contributed by atoms with E-state index in [1.165, 1.54) is 18.4 Å². The second-order valence-corrected chi connectivity index (χ2v) is 6.00. The third kappa shape index (κ3) is 1.72. The number of rotatable bonds is 2. The van der Waals surface area contributed by atoms with E-state index < -0.39 is 0 Å². The van der Waals surface area contributed by atoms with Crippen molar-refractivity contribution in [3.8, 4) is 0 Å². The summed E-state index contributed by atoms with van der Waals surface area (Å²) in [6.07, 6.45) is 9.22. The average Bonchev–Trinajstić information content (AvgIpc) is 3.11. The molecule has 3 nitrogen and oxygen atoms in total. The molecule has 18 heavy (non-hydrogen) atoms. The number of fused-ring (bicyclic) bond motifs is 3. The molecule has 0 bridgehead atoms. The molecule has 1 aliphatic heterocycles. The molecule has 0 amide bonds. The van der Waals surface area contributed by atoms with E-state index in [9.17, 15) is 0 Å². The van der Waals surface area contributed by atoms with Crippen LogP contribution in [0.2, 0.25) is 0 Å². The first-order valence-corrected chi connectivity index (χ1v) is 7.06. The van der Waals surface area contributed by atoms with Crippen molar-refractivity contribution in [3.05, 3.63) is 23.5 Å². The number of methoxy groups -OCH3 is 1. The maximum Gasteiger partial charge on any atom is 0.180 e. The van der Waals surface area contributed by atoms with E-state index in [0.29, 0.717) is 12.0 Å². The maximum absolute atomic E-state index is 6.21. The smallest absolute Gasteiger partial charge is 0.180 e. The Morgan fingerprint density at radius 3 is 2.89 bits per heavy atom. The second kappa shape index (κ2) is 4.10. The number of allylic oxidation sites excluding steroid dienone is 3. The SMILES string of the molecule is COC1=CC=C(C2OC[C@@H]3C[C@H]4CC4[C@@H]3O2)CC1. The first kappa shape index (κ1) is 11.1. The summed E-state index contributed by atoms with van der Waals surface area (Å²) < 4.78 is 17.4. The first-order chi connectivity index (χ1) is 8.85. The van der Waals surface area contributed by atoms with Crippen molar-refractivity contribution in [2.75, 3.05) is 13.7 Å². The van der Waals surface area contributed by atoms with Gasteiger partial charge in [-0.3, -0.25) is 0 Å². The van der Waals surface area contributed by atoms with Gasteiger partial charge in [0.15, 0.2) is 6.29 Å². The summed E-state index contributed by atoms with van der Waals surface area (Å²) in [5, 5.41) is 0. The summed E-state index contributed by atoms with van der Waals surface area (Å²) >= 11 is 0. The van der Waals surface area contributed by atoms with E-state index >= 15 is 0 Å². The lowest BCUT2D eigenvalue weighted by atomic mass is 9.98. The van der Waals surface area contributed by atoms with E-state index in [4.69, 9.17) is 14.2 Å². The fourth-order valence-electron chi connectivity index (χ4n) is 3.78. The fraction of sp³-hybridized carbons (Fsp3) is 0.733. The van der Waals surface area contributed by atoms with Crippen LogP contribution in [0.1, 0.15) is 25.7 Å². The van der Waals surface area contributed by atoms with Gasteiger partial charge >= 0.3 is 0 Å². The van der Waals surface area contributed by atoms with Crippen LogP contribution in [-0.2, 0) is 14.2 Å². The highest BCUT2D eigenvalue weighted by Crippen LogP contribution is 2.57. The summed E-state index contributed by atoms with van der Waals surface area (Å²) in [5.74, 6) is 3.51. The lowest BCUT2D eigenvalue weighted by Gasteiger charge is -2.36. The van der Waals surface area contributed by atoms with Gasteiger partial charge in [0, 0.05) is 12.3 Å². The molecule has 0 radical (unpaired) electrons. The summed E-state index contributed by atoms with van der Waals surface area (Å²) in [6, 6.07) is 0. The van der Waals surface area contributed by atoms with Gasteiger partial charge in [-0.05, 0) is 42.7 Å². The van der Waals surface area contributed by atoms with Crippen LogP contribution in [0.15, 0.2) is 23.5 Å². The summed E-state index contributed by atoms with van der Waals surface area (Å²) in [7, 11) is 1.73. The van der Waals surface area contributed by atoms with Crippen LogP contribution >= 0.6 is 0 Å². The zero-order chi connectivity index (χ0) is 12.1. The van der Waals surface area contributed by atoms with Crippen molar-refractivity contribution in [1.82, 2.24) is 0 Å². The molecule has 2 saturated carbocycles. The fourth-order valence-corrected chi connectivity index (χ4v) is 3.78. The molecular weight excluding hydrogens is 228 g/mol. The zero-order valence-electron chi connectivity index (χ0n) is 10.8. The van der Waals surface area contributed by atoms with Gasteiger partial charge < -0.3 is 14.2 Å². The van der Waals surface area contributed by atoms with Crippen molar-refractivity contribution in [3.63, 3.8) is 0 Å². The van der Waals surface area contributed by atoms with E-state index in [1.807, 2.05) is 6.08 Å². The van der Waals surface area contributed by atoms with E-state index in [0.717, 1.165) is 37.0 Å². The van der Waals surface area contributed by atoms with Crippen LogP contribution in [0, 0.1) is 17.8 Å². The molecule has 98 valence electrons. The van der Waals surface area contributed by atoms with E-state index in [-0.39, 0.29) is 6.29 Å². The Balaban J connectivity index is 1.46. The summed E-state index contributed by atoms with van der Waals surface area (Å²) in [5.41, 5.74) is 1.28. The average molecular weight is 248 g/mol. The maximum atomic E-state index is 6.21. The van der Waals surface area contributed by atoms with Gasteiger partial charge in [-0.15, -0.1) is 0 Å². The van der Waals surface area contributed by atoms with Gasteiger partial charge in [0.2, 0.25) is 0 Å². The quantitative estimate of drug-likeness (QED) is 0.752. The Bertz CT molecular complexity index is 412. The summed E-state index contributed by atoms with van der Waals surface area (Å²) in [6.45, 7) is 0.889. The molecule has 1 heterocycles. The molecule has 0 spiro atoms. The lowest BCUT2D eigenvalue weighted by Crippen LogP contribution is -2.40. The third-order valence-electron chi connectivity index (χ3n) is 4.92. The van der Waals surface area contributed by atoms with E-state index in [2.05, 4.69) is 6.08 Å². The van der Waals surface area contributed by atoms with Crippen molar-refractivity contribution < 1.29 is 14.2 Å². The molecule has 3 fully saturated rings. The number of ether oxygens (including phenoxy) is 3. The zero-order valence-corrected chi connectivity index (χ0v) is 10.8. The Labute approximate surface area is 108 Å². The molecule has 1 saturated heterocycles. The van der Waals surface area contributed by atoms with Gasteiger partial charge in [0.25, 0.3) is 0 Å². The van der Waals surface area contributed by atoms with Crippen molar-refractivity contribution >= 4 is 0 Å². The van der Waals surface area contributed by atoms with Crippen LogP contribution < -0.4 is 0 Å². The monoisotopic (exact) mass is 248 g/mol. The number of hydrogen-bond donors (Lipinski definition) is 0. The predicted molar refractivity (Wildman–Crippen MR) is 66.7 cm³/mol. The van der Waals surface area contributed by atoms with Crippen molar-refractivity contribution in [1.29, 1.82) is 0 Å². The van der Waals surface area contributed by atoms with E-state index in [1.54, 1.807) is 7.11 Å². The normalized spacial score (nSPS) is 45.7. The lowest BCUT2D eigenvalue weighted by molar-refractivity contribution is -0.217. The highest BCUT2D eigenvalue weighted by molar-refractivity contribution is 5.23. The summed E-state index contributed by atoms with van der Waals surface area (Å²) in [4.78, 5) is 0. The Hall–Kier alpha value is -0.800. The second-order valence-electron chi connectivity index (χ2n) is 6.00. The topological polar surface area (TPSA) is 27.7 Å². The van der Waals surface area contributed by atoms with Gasteiger partial charge in [-0.1, -0.05) is 6.08 Å². The first-order valence-electron chi connectivity index (χ1n) is 7.06. The minimum Gasteiger partial charge on any atom is -0.501 e. The minimum atomic E-state index is -0.0970. The van der Waals surface area contributed by atoms with Gasteiger partial charge in [0.1, 0.15) is 0 Å². The number of hydrogen-bond acceptors (Lipinski definition) is 3. The van der Waals surface area contributed by atoms with Crippen molar-refractivity contribution in [2.45, 2.75) is 38.1 Å². The molecule has 4 aliphatic rings. The predicted octanol–water partition coefficient (Wildman–Crippen LogP) is 2.63. The third-order valence-corrected chi connectivity index (χ3v) is 4.92. The van der Waals surface area contributed by atoms with Crippen LogP contribution in [0.5, 0.6) is 0 Å². The molecule has 3 heteroatoms. The Morgan fingerprint density at radius 1 is 1.17 bits per heavy atom. The molecule has 0 aromatic carbocycles. The minimum absolute atomic E-state index is 0.0970. The molecule has 0 aromatic heterocycles. The molecule has 0 aromatic rings. The molecule has 2 unspecified atom stereocenters. The van der Waals surface area contributed by atoms with Gasteiger partial charge in [-0.25, -0.2) is 0 Å². The highest BCUT2D eigenvalue weighted by Gasteiger charge is 2.56. The largest absolute Gasteiger partial charge is 0.501 e. The van der Waals surface area contributed by atoms with Gasteiger partial charge in [-0.2, -0.15) is 0 Å². The Kier molecular flexibility index (Phi) is 2.52. The molecular formula is C15H20O3. The molecule has 0 N–H and O–H groups in total. The molecule has 3 aliphatic carbocycles. The van der Waals surface area contributed by atoms with Crippen LogP contribution in [0.25, 0.3) is 0 Å². The van der Waals surface area contributed by atoms with Crippen LogP contribution in [0.3, 0.4) is 0 Å². The standard InChI is InChI=1S/C15H20O3/c1-16-12-4-2-9(3-5-12)15-17-8-11-6-10-7-13(10)14(11)18-15/h2,4,10-11,13-15H,3,5-8H2,1H3/t10-,11-,13?,14+,15?/m0/s1. The molecule has 4 rings (SSSR count). The van der Waals surface area contributed by atoms with Crippen molar-refractivity contribution in [2.24, 2.45) is 17.8 Å². The highest BCUT2D eigenvalue weighted by atomic mass is 16.7.